The van der Waals surface area contributed by atoms with Crippen LogP contribution in [0.4, 0.5) is 4.39 Å². The number of halogens is 1. The Hall–Kier alpha value is -3.28. The van der Waals surface area contributed by atoms with Crippen LogP contribution in [0.2, 0.25) is 0 Å². The number of rotatable bonds is 6. The molecule has 27 heavy (non-hydrogen) atoms. The van der Waals surface area contributed by atoms with Crippen LogP contribution in [0.25, 0.3) is 10.9 Å². The van der Waals surface area contributed by atoms with E-state index in [9.17, 15) is 14.0 Å². The van der Waals surface area contributed by atoms with Crippen molar-refractivity contribution in [2.24, 2.45) is 0 Å². The van der Waals surface area contributed by atoms with Crippen molar-refractivity contribution >= 4 is 22.7 Å². The average Bonchev–Trinajstić information content (AvgIpc) is 2.67. The van der Waals surface area contributed by atoms with Crippen LogP contribution in [-0.4, -0.2) is 29.9 Å². The summed E-state index contributed by atoms with van der Waals surface area (Å²) < 4.78 is 13.5. The third-order valence-electron chi connectivity index (χ3n) is 4.23. The summed E-state index contributed by atoms with van der Waals surface area (Å²) in [6.45, 7) is 2.18. The molecule has 0 saturated carbocycles. The van der Waals surface area contributed by atoms with Gasteiger partial charge in [-0.3, -0.25) is 14.6 Å². The SMILES string of the molecule is Cc1ccc(C(=O)NCCNC(=O)Cc2cccc3cccnc23)cc1F. The fourth-order valence-corrected chi connectivity index (χ4v) is 2.76. The molecule has 2 N–H and O–H groups in total. The van der Waals surface area contributed by atoms with Gasteiger partial charge in [-0.1, -0.05) is 30.3 Å². The largest absolute Gasteiger partial charge is 0.354 e. The summed E-state index contributed by atoms with van der Waals surface area (Å²) in [6, 6.07) is 13.9. The van der Waals surface area contributed by atoms with E-state index in [-0.39, 0.29) is 36.9 Å². The molecule has 0 radical (unpaired) electrons. The first-order valence-electron chi connectivity index (χ1n) is 8.68. The molecule has 0 bridgehead atoms. The molecule has 2 amide bonds. The number of fused-ring (bicyclic) bond motifs is 1. The van der Waals surface area contributed by atoms with Crippen LogP contribution in [0.15, 0.2) is 54.7 Å². The molecular weight excluding hydrogens is 345 g/mol. The number of pyridine rings is 1. The fourth-order valence-electron chi connectivity index (χ4n) is 2.76. The maximum Gasteiger partial charge on any atom is 0.251 e. The lowest BCUT2D eigenvalue weighted by Gasteiger charge is -2.09. The third kappa shape index (κ3) is 4.67. The van der Waals surface area contributed by atoms with Crippen molar-refractivity contribution in [1.82, 2.24) is 15.6 Å². The van der Waals surface area contributed by atoms with E-state index in [2.05, 4.69) is 15.6 Å². The zero-order chi connectivity index (χ0) is 19.2. The lowest BCUT2D eigenvalue weighted by Crippen LogP contribution is -2.35. The van der Waals surface area contributed by atoms with Gasteiger partial charge in [-0.15, -0.1) is 0 Å². The topological polar surface area (TPSA) is 71.1 Å². The first-order chi connectivity index (χ1) is 13.0. The third-order valence-corrected chi connectivity index (χ3v) is 4.23. The van der Waals surface area contributed by atoms with E-state index in [1.54, 1.807) is 25.3 Å². The summed E-state index contributed by atoms with van der Waals surface area (Å²) in [5, 5.41) is 6.42. The summed E-state index contributed by atoms with van der Waals surface area (Å²) in [5.41, 5.74) is 2.41. The summed E-state index contributed by atoms with van der Waals surface area (Å²) in [5.74, 6) is -0.940. The van der Waals surface area contributed by atoms with E-state index >= 15 is 0 Å². The predicted octanol–water partition coefficient (Wildman–Crippen LogP) is 2.77. The Balaban J connectivity index is 1.48. The van der Waals surface area contributed by atoms with Crippen LogP contribution in [-0.2, 0) is 11.2 Å². The maximum atomic E-state index is 13.5. The molecule has 0 spiro atoms. The Bertz CT molecular complexity index is 983. The summed E-state index contributed by atoms with van der Waals surface area (Å²) in [6.07, 6.45) is 1.92. The fraction of sp³-hybridized carbons (Fsp3) is 0.190. The van der Waals surface area contributed by atoms with Gasteiger partial charge in [-0.2, -0.15) is 0 Å². The van der Waals surface area contributed by atoms with Gasteiger partial charge in [0.05, 0.1) is 11.9 Å². The van der Waals surface area contributed by atoms with Gasteiger partial charge >= 0.3 is 0 Å². The van der Waals surface area contributed by atoms with Crippen molar-refractivity contribution in [1.29, 1.82) is 0 Å². The van der Waals surface area contributed by atoms with Crippen molar-refractivity contribution in [3.05, 3.63) is 77.2 Å². The molecule has 3 aromatic rings. The second-order valence-electron chi connectivity index (χ2n) is 6.24. The first kappa shape index (κ1) is 18.5. The number of hydrogen-bond donors (Lipinski definition) is 2. The van der Waals surface area contributed by atoms with Crippen molar-refractivity contribution in [3.63, 3.8) is 0 Å². The second-order valence-corrected chi connectivity index (χ2v) is 6.24. The van der Waals surface area contributed by atoms with Gasteiger partial charge in [0.2, 0.25) is 5.91 Å². The minimum atomic E-state index is -0.417. The van der Waals surface area contributed by atoms with E-state index < -0.39 is 5.82 Å². The Morgan fingerprint density at radius 1 is 1.04 bits per heavy atom. The Morgan fingerprint density at radius 3 is 2.63 bits per heavy atom. The molecule has 2 aromatic carbocycles. The molecule has 5 nitrogen and oxygen atoms in total. The van der Waals surface area contributed by atoms with Gasteiger partial charge < -0.3 is 10.6 Å². The van der Waals surface area contributed by atoms with E-state index in [1.165, 1.54) is 6.07 Å². The minimum Gasteiger partial charge on any atom is -0.354 e. The number of hydrogen-bond acceptors (Lipinski definition) is 3. The monoisotopic (exact) mass is 365 g/mol. The lowest BCUT2D eigenvalue weighted by atomic mass is 10.1. The molecule has 6 heteroatoms. The van der Waals surface area contributed by atoms with Crippen LogP contribution in [0, 0.1) is 12.7 Å². The van der Waals surface area contributed by atoms with Crippen LogP contribution in [0.5, 0.6) is 0 Å². The molecular formula is C21H20FN3O2. The number of carbonyl (C=O) groups is 2. The van der Waals surface area contributed by atoms with Gasteiger partial charge in [0.1, 0.15) is 5.82 Å². The zero-order valence-corrected chi connectivity index (χ0v) is 15.0. The molecule has 0 aliphatic carbocycles. The number of para-hydroxylation sites is 1. The molecule has 0 aliphatic rings. The van der Waals surface area contributed by atoms with Crippen LogP contribution < -0.4 is 10.6 Å². The van der Waals surface area contributed by atoms with Crippen molar-refractivity contribution in [3.8, 4) is 0 Å². The van der Waals surface area contributed by atoms with Crippen molar-refractivity contribution in [2.75, 3.05) is 13.1 Å². The molecule has 0 saturated heterocycles. The molecule has 0 aliphatic heterocycles. The summed E-state index contributed by atoms with van der Waals surface area (Å²) >= 11 is 0. The van der Waals surface area contributed by atoms with E-state index in [1.807, 2.05) is 30.3 Å². The maximum absolute atomic E-state index is 13.5. The highest BCUT2D eigenvalue weighted by Crippen LogP contribution is 2.16. The number of carbonyl (C=O) groups excluding carboxylic acids is 2. The Morgan fingerprint density at radius 2 is 1.81 bits per heavy atom. The highest BCUT2D eigenvalue weighted by molar-refractivity contribution is 5.94. The highest BCUT2D eigenvalue weighted by atomic mass is 19.1. The summed E-state index contributed by atoms with van der Waals surface area (Å²) in [4.78, 5) is 28.5. The highest BCUT2D eigenvalue weighted by Gasteiger charge is 2.09. The predicted molar refractivity (Wildman–Crippen MR) is 102 cm³/mol. The molecule has 0 fully saturated rings. The smallest absolute Gasteiger partial charge is 0.251 e. The standard InChI is InChI=1S/C21H20FN3O2/c1-14-7-8-17(12-18(14)22)21(27)25-11-10-23-19(26)13-16-5-2-4-15-6-3-9-24-20(15)16/h2-9,12H,10-11,13H2,1H3,(H,23,26)(H,25,27). The quantitative estimate of drug-likeness (QED) is 0.660. The zero-order valence-electron chi connectivity index (χ0n) is 15.0. The summed E-state index contributed by atoms with van der Waals surface area (Å²) in [7, 11) is 0. The lowest BCUT2D eigenvalue weighted by molar-refractivity contribution is -0.120. The minimum absolute atomic E-state index is 0.149. The molecule has 3 rings (SSSR count). The molecule has 1 aromatic heterocycles. The molecule has 138 valence electrons. The van der Waals surface area contributed by atoms with Crippen LogP contribution >= 0.6 is 0 Å². The van der Waals surface area contributed by atoms with E-state index in [0.717, 1.165) is 16.5 Å². The molecule has 0 unspecified atom stereocenters. The number of nitrogens with zero attached hydrogens (tertiary/aromatic N) is 1. The van der Waals surface area contributed by atoms with Gasteiger partial charge in [0.25, 0.3) is 5.91 Å². The Labute approximate surface area is 156 Å². The Kier molecular flexibility index (Phi) is 5.76. The number of aromatic nitrogens is 1. The van der Waals surface area contributed by atoms with Crippen LogP contribution in [0.1, 0.15) is 21.5 Å². The van der Waals surface area contributed by atoms with Gasteiger partial charge in [-0.05, 0) is 36.2 Å². The average molecular weight is 365 g/mol. The van der Waals surface area contributed by atoms with Gasteiger partial charge in [-0.25, -0.2) is 4.39 Å². The van der Waals surface area contributed by atoms with Crippen molar-refractivity contribution < 1.29 is 14.0 Å². The van der Waals surface area contributed by atoms with Gasteiger partial charge in [0, 0.05) is 30.2 Å². The second kappa shape index (κ2) is 8.40. The number of benzene rings is 2. The normalized spacial score (nSPS) is 10.6. The number of nitrogens with one attached hydrogen (secondary N) is 2. The molecule has 1 heterocycles. The number of aryl methyl sites for hydroxylation is 1. The first-order valence-corrected chi connectivity index (χ1v) is 8.68. The van der Waals surface area contributed by atoms with E-state index in [4.69, 9.17) is 0 Å². The van der Waals surface area contributed by atoms with E-state index in [0.29, 0.717) is 5.56 Å². The number of amides is 2. The van der Waals surface area contributed by atoms with Crippen molar-refractivity contribution in [2.45, 2.75) is 13.3 Å². The van der Waals surface area contributed by atoms with Gasteiger partial charge in [0.15, 0.2) is 0 Å². The van der Waals surface area contributed by atoms with Crippen LogP contribution in [0.3, 0.4) is 0 Å². The molecule has 0 atom stereocenters.